The van der Waals surface area contributed by atoms with Crippen molar-refractivity contribution in [3.8, 4) is 5.75 Å². The van der Waals surface area contributed by atoms with Gasteiger partial charge in [-0.1, -0.05) is 19.1 Å². The maximum absolute atomic E-state index is 12.4. The Balaban J connectivity index is 2.01. The number of carbonyl (C=O) groups is 2. The maximum atomic E-state index is 12.4. The largest absolute Gasteiger partial charge is 0.507 e. The molecule has 1 atom stereocenters. The van der Waals surface area contributed by atoms with E-state index in [2.05, 4.69) is 0 Å². The highest BCUT2D eigenvalue weighted by Crippen LogP contribution is 2.22. The van der Waals surface area contributed by atoms with E-state index in [1.165, 1.54) is 11.0 Å². The predicted molar refractivity (Wildman–Crippen MR) is 92.2 cm³/mol. The van der Waals surface area contributed by atoms with Crippen LogP contribution in [0.15, 0.2) is 18.2 Å². The van der Waals surface area contributed by atoms with E-state index in [4.69, 9.17) is 4.74 Å². The monoisotopic (exact) mass is 369 g/mol. The SMILES string of the molecule is CCCN(C(=O)COC(=O)c1cccc(C)c1O)[C@@H]1CCS(=O)(=O)C1. The van der Waals surface area contributed by atoms with Crippen LogP contribution in [0.3, 0.4) is 0 Å². The zero-order chi connectivity index (χ0) is 18.6. The van der Waals surface area contributed by atoms with Gasteiger partial charge < -0.3 is 14.7 Å². The number of hydrogen-bond donors (Lipinski definition) is 1. The second kappa shape index (κ2) is 7.86. The molecule has 1 N–H and O–H groups in total. The van der Waals surface area contributed by atoms with Gasteiger partial charge in [-0.3, -0.25) is 4.79 Å². The number of benzene rings is 1. The van der Waals surface area contributed by atoms with Crippen LogP contribution in [-0.4, -0.2) is 61.0 Å². The Morgan fingerprint density at radius 3 is 2.68 bits per heavy atom. The number of amides is 1. The van der Waals surface area contributed by atoms with E-state index in [0.29, 0.717) is 24.9 Å². The minimum Gasteiger partial charge on any atom is -0.507 e. The number of carbonyl (C=O) groups excluding carboxylic acids is 2. The van der Waals surface area contributed by atoms with Crippen LogP contribution in [0.25, 0.3) is 0 Å². The lowest BCUT2D eigenvalue weighted by Crippen LogP contribution is -2.43. The quantitative estimate of drug-likeness (QED) is 0.758. The molecule has 0 saturated carbocycles. The maximum Gasteiger partial charge on any atom is 0.342 e. The van der Waals surface area contributed by atoms with Crippen molar-refractivity contribution in [1.82, 2.24) is 4.90 Å². The zero-order valence-electron chi connectivity index (χ0n) is 14.4. The van der Waals surface area contributed by atoms with Crippen molar-refractivity contribution in [3.05, 3.63) is 29.3 Å². The van der Waals surface area contributed by atoms with Gasteiger partial charge in [0.15, 0.2) is 16.4 Å². The van der Waals surface area contributed by atoms with E-state index < -0.39 is 28.3 Å². The number of rotatable bonds is 6. The fourth-order valence-corrected chi connectivity index (χ4v) is 4.62. The number of aryl methyl sites for hydroxylation is 1. The molecule has 25 heavy (non-hydrogen) atoms. The fraction of sp³-hybridized carbons (Fsp3) is 0.529. The molecule has 1 fully saturated rings. The molecular weight excluding hydrogens is 346 g/mol. The molecule has 0 bridgehead atoms. The van der Waals surface area contributed by atoms with Crippen LogP contribution in [0.4, 0.5) is 0 Å². The van der Waals surface area contributed by atoms with Crippen molar-refractivity contribution in [2.45, 2.75) is 32.7 Å². The predicted octanol–water partition coefficient (Wildman–Crippen LogP) is 1.28. The van der Waals surface area contributed by atoms with Crippen molar-refractivity contribution < 1.29 is 27.9 Å². The average molecular weight is 369 g/mol. The second-order valence-corrected chi connectivity index (χ2v) is 8.42. The number of ether oxygens (including phenoxy) is 1. The summed E-state index contributed by atoms with van der Waals surface area (Å²) >= 11 is 0. The summed E-state index contributed by atoms with van der Waals surface area (Å²) in [5.74, 6) is -1.37. The van der Waals surface area contributed by atoms with Crippen molar-refractivity contribution in [1.29, 1.82) is 0 Å². The van der Waals surface area contributed by atoms with Gasteiger partial charge in [0.25, 0.3) is 5.91 Å². The minimum atomic E-state index is -3.11. The van der Waals surface area contributed by atoms with Crippen LogP contribution >= 0.6 is 0 Å². The number of esters is 1. The number of phenolic OH excluding ortho intramolecular Hbond substituents is 1. The molecular formula is C17H23NO6S. The van der Waals surface area contributed by atoms with Gasteiger partial charge in [-0.15, -0.1) is 0 Å². The second-order valence-electron chi connectivity index (χ2n) is 6.19. The van der Waals surface area contributed by atoms with E-state index in [1.807, 2.05) is 6.92 Å². The normalized spacial score (nSPS) is 18.7. The first kappa shape index (κ1) is 19.2. The van der Waals surface area contributed by atoms with Crippen LogP contribution in [0.5, 0.6) is 5.75 Å². The third-order valence-corrected chi connectivity index (χ3v) is 5.97. The molecule has 2 rings (SSSR count). The zero-order valence-corrected chi connectivity index (χ0v) is 15.2. The third kappa shape index (κ3) is 4.72. The molecule has 1 aliphatic heterocycles. The van der Waals surface area contributed by atoms with Crippen molar-refractivity contribution in [3.63, 3.8) is 0 Å². The van der Waals surface area contributed by atoms with Crippen molar-refractivity contribution in [2.24, 2.45) is 0 Å². The van der Waals surface area contributed by atoms with Crippen LogP contribution in [-0.2, 0) is 19.4 Å². The van der Waals surface area contributed by atoms with Gasteiger partial charge in [0.1, 0.15) is 11.3 Å². The third-order valence-electron chi connectivity index (χ3n) is 4.22. The summed E-state index contributed by atoms with van der Waals surface area (Å²) in [5, 5.41) is 9.89. The van der Waals surface area contributed by atoms with Crippen molar-refractivity contribution >= 4 is 21.7 Å². The standard InChI is InChI=1S/C17H23NO6S/c1-3-8-18(13-7-9-25(22,23)11-13)15(19)10-24-17(21)14-6-4-5-12(2)16(14)20/h4-6,13,20H,3,7-11H2,1-2H3/t13-/m1/s1. The molecule has 1 aromatic carbocycles. The molecule has 1 aliphatic rings. The number of nitrogens with zero attached hydrogens (tertiary/aromatic N) is 1. The number of sulfone groups is 1. The molecule has 1 aromatic rings. The molecule has 1 amide bonds. The molecule has 7 nitrogen and oxygen atoms in total. The van der Waals surface area contributed by atoms with Crippen molar-refractivity contribution in [2.75, 3.05) is 24.7 Å². The van der Waals surface area contributed by atoms with E-state index in [-0.39, 0.29) is 28.9 Å². The first-order chi connectivity index (χ1) is 11.7. The van der Waals surface area contributed by atoms with Gasteiger partial charge in [-0.25, -0.2) is 13.2 Å². The molecule has 0 aliphatic carbocycles. The smallest absolute Gasteiger partial charge is 0.342 e. The Labute approximate surface area is 147 Å². The number of phenols is 1. The van der Waals surface area contributed by atoms with E-state index in [0.717, 1.165) is 0 Å². The van der Waals surface area contributed by atoms with Gasteiger partial charge in [0, 0.05) is 12.6 Å². The summed E-state index contributed by atoms with van der Waals surface area (Å²) in [4.78, 5) is 26.0. The summed E-state index contributed by atoms with van der Waals surface area (Å²) in [6.45, 7) is 3.47. The molecule has 0 spiro atoms. The van der Waals surface area contributed by atoms with Gasteiger partial charge in [0.05, 0.1) is 11.5 Å². The van der Waals surface area contributed by atoms with E-state index in [9.17, 15) is 23.1 Å². The molecule has 0 unspecified atom stereocenters. The lowest BCUT2D eigenvalue weighted by molar-refractivity contribution is -0.136. The van der Waals surface area contributed by atoms with Crippen LogP contribution < -0.4 is 0 Å². The topological polar surface area (TPSA) is 101 Å². The lowest BCUT2D eigenvalue weighted by Gasteiger charge is -2.27. The summed E-state index contributed by atoms with van der Waals surface area (Å²) in [7, 11) is -3.11. The van der Waals surface area contributed by atoms with Crippen LogP contribution in [0, 0.1) is 6.92 Å². The van der Waals surface area contributed by atoms with Gasteiger partial charge in [-0.05, 0) is 31.4 Å². The van der Waals surface area contributed by atoms with Crippen LogP contribution in [0.1, 0.15) is 35.7 Å². The van der Waals surface area contributed by atoms with Crippen LogP contribution in [0.2, 0.25) is 0 Å². The summed E-state index contributed by atoms with van der Waals surface area (Å²) in [6.07, 6.45) is 1.08. The Morgan fingerprint density at radius 1 is 1.36 bits per heavy atom. The number of aromatic hydroxyl groups is 1. The lowest BCUT2D eigenvalue weighted by atomic mass is 10.1. The highest BCUT2D eigenvalue weighted by Gasteiger charge is 2.34. The summed E-state index contributed by atoms with van der Waals surface area (Å²) in [6, 6.07) is 4.31. The fourth-order valence-electron chi connectivity index (χ4n) is 2.88. The Morgan fingerprint density at radius 2 is 2.08 bits per heavy atom. The average Bonchev–Trinajstić information content (AvgIpc) is 2.92. The van der Waals surface area contributed by atoms with Gasteiger partial charge in [0.2, 0.25) is 0 Å². The molecule has 1 heterocycles. The molecule has 138 valence electrons. The van der Waals surface area contributed by atoms with E-state index in [1.54, 1.807) is 19.1 Å². The number of para-hydroxylation sites is 1. The first-order valence-corrected chi connectivity index (χ1v) is 10.0. The molecule has 0 aromatic heterocycles. The van der Waals surface area contributed by atoms with E-state index >= 15 is 0 Å². The molecule has 8 heteroatoms. The summed E-state index contributed by atoms with van der Waals surface area (Å²) in [5.41, 5.74) is 0.530. The summed E-state index contributed by atoms with van der Waals surface area (Å²) < 4.78 is 28.3. The highest BCUT2D eigenvalue weighted by molar-refractivity contribution is 7.91. The van der Waals surface area contributed by atoms with Gasteiger partial charge in [-0.2, -0.15) is 0 Å². The Kier molecular flexibility index (Phi) is 6.05. The number of hydrogen-bond acceptors (Lipinski definition) is 6. The minimum absolute atomic E-state index is 0.00159. The Bertz CT molecular complexity index is 758. The molecule has 1 saturated heterocycles. The Hall–Kier alpha value is -2.09. The first-order valence-electron chi connectivity index (χ1n) is 8.20. The highest BCUT2D eigenvalue weighted by atomic mass is 32.2. The molecule has 0 radical (unpaired) electrons. The van der Waals surface area contributed by atoms with Gasteiger partial charge >= 0.3 is 5.97 Å².